The molecule has 0 spiro atoms. The van der Waals surface area contributed by atoms with Crippen molar-refractivity contribution in [2.75, 3.05) is 32.7 Å². The number of aryl methyl sites for hydroxylation is 1. The summed E-state index contributed by atoms with van der Waals surface area (Å²) in [5, 5.41) is 10.5. The molecule has 1 N–H and O–H groups in total. The van der Waals surface area contributed by atoms with Crippen molar-refractivity contribution in [2.45, 2.75) is 19.1 Å². The molecule has 4 nitrogen and oxygen atoms in total. The van der Waals surface area contributed by atoms with Gasteiger partial charge in [0.1, 0.15) is 0 Å². The zero-order chi connectivity index (χ0) is 11.8. The Hall–Kier alpha value is -0.970. The Morgan fingerprint density at radius 2 is 2.12 bits per heavy atom. The second-order valence-corrected chi connectivity index (χ2v) is 5.08. The maximum Gasteiger partial charge on any atom is 0.0975 e. The molecule has 0 radical (unpaired) electrons. The van der Waals surface area contributed by atoms with Crippen LogP contribution < -0.4 is 0 Å². The average Bonchev–Trinajstić information content (AvgIpc) is 2.40. The van der Waals surface area contributed by atoms with Crippen molar-refractivity contribution in [2.24, 2.45) is 0 Å². The first kappa shape index (κ1) is 11.1. The van der Waals surface area contributed by atoms with Crippen LogP contribution in [0.2, 0.25) is 0 Å². The first-order valence-corrected chi connectivity index (χ1v) is 6.30. The molecular formula is C13H19N3O. The molecule has 0 saturated carbocycles. The van der Waals surface area contributed by atoms with Crippen molar-refractivity contribution in [3.8, 4) is 0 Å². The van der Waals surface area contributed by atoms with Crippen molar-refractivity contribution in [1.29, 1.82) is 0 Å². The van der Waals surface area contributed by atoms with E-state index in [-0.39, 0.29) is 6.04 Å². The standard InChI is InChI=1S/C13H19N3O/c1-10-2-3-14-8-11(10)13(17)12-9-15-4-6-16(12)7-5-15/h2-3,8,12-13,17H,4-7,9H2,1H3. The van der Waals surface area contributed by atoms with Crippen molar-refractivity contribution >= 4 is 0 Å². The summed E-state index contributed by atoms with van der Waals surface area (Å²) in [5.41, 5.74) is 2.11. The van der Waals surface area contributed by atoms with Crippen molar-refractivity contribution < 1.29 is 5.11 Å². The fourth-order valence-electron chi connectivity index (χ4n) is 2.95. The molecule has 2 atom stereocenters. The van der Waals surface area contributed by atoms with E-state index in [1.807, 2.05) is 13.0 Å². The lowest BCUT2D eigenvalue weighted by Gasteiger charge is -2.49. The smallest absolute Gasteiger partial charge is 0.0975 e. The van der Waals surface area contributed by atoms with Crippen LogP contribution >= 0.6 is 0 Å². The van der Waals surface area contributed by atoms with Crippen molar-refractivity contribution in [3.05, 3.63) is 29.6 Å². The number of hydrogen-bond acceptors (Lipinski definition) is 4. The molecule has 3 saturated heterocycles. The Bertz CT molecular complexity index is 401. The van der Waals surface area contributed by atoms with Gasteiger partial charge in [0, 0.05) is 50.7 Å². The molecule has 3 aliphatic heterocycles. The third-order valence-corrected chi connectivity index (χ3v) is 4.08. The molecule has 17 heavy (non-hydrogen) atoms. The molecule has 2 bridgehead atoms. The summed E-state index contributed by atoms with van der Waals surface area (Å²) in [5.74, 6) is 0. The van der Waals surface area contributed by atoms with E-state index >= 15 is 0 Å². The van der Waals surface area contributed by atoms with Crippen LogP contribution in [0.5, 0.6) is 0 Å². The molecule has 1 aromatic rings. The summed E-state index contributed by atoms with van der Waals surface area (Å²) in [6.07, 6.45) is 3.17. The Kier molecular flexibility index (Phi) is 2.86. The van der Waals surface area contributed by atoms with Gasteiger partial charge in [-0.25, -0.2) is 0 Å². The minimum absolute atomic E-state index is 0.236. The highest BCUT2D eigenvalue weighted by Gasteiger charge is 2.36. The van der Waals surface area contributed by atoms with Crippen LogP contribution in [-0.4, -0.2) is 58.7 Å². The Morgan fingerprint density at radius 3 is 2.71 bits per heavy atom. The van der Waals surface area contributed by atoms with E-state index in [1.165, 1.54) is 0 Å². The molecule has 4 rings (SSSR count). The van der Waals surface area contributed by atoms with E-state index in [9.17, 15) is 5.11 Å². The third-order valence-electron chi connectivity index (χ3n) is 4.08. The molecule has 3 aliphatic rings. The molecular weight excluding hydrogens is 214 g/mol. The summed E-state index contributed by atoms with van der Waals surface area (Å²) in [7, 11) is 0. The molecule has 3 fully saturated rings. The van der Waals surface area contributed by atoms with Gasteiger partial charge in [0.2, 0.25) is 0 Å². The van der Waals surface area contributed by atoms with Gasteiger partial charge in [0.05, 0.1) is 12.1 Å². The van der Waals surface area contributed by atoms with E-state index in [0.29, 0.717) is 0 Å². The normalized spacial score (nSPS) is 33.6. The largest absolute Gasteiger partial charge is 0.387 e. The number of aromatic nitrogens is 1. The predicted octanol–water partition coefficient (Wildman–Crippen LogP) is 0.423. The van der Waals surface area contributed by atoms with Crippen LogP contribution in [0.25, 0.3) is 0 Å². The van der Waals surface area contributed by atoms with Crippen LogP contribution in [-0.2, 0) is 0 Å². The minimum atomic E-state index is -0.410. The fourth-order valence-corrected chi connectivity index (χ4v) is 2.95. The van der Waals surface area contributed by atoms with Gasteiger partial charge in [-0.2, -0.15) is 0 Å². The highest BCUT2D eigenvalue weighted by atomic mass is 16.3. The highest BCUT2D eigenvalue weighted by molar-refractivity contribution is 5.25. The number of nitrogens with zero attached hydrogens (tertiary/aromatic N) is 3. The van der Waals surface area contributed by atoms with Gasteiger partial charge in [0.25, 0.3) is 0 Å². The SMILES string of the molecule is Cc1ccncc1C(O)C1CN2CCN1CC2. The van der Waals surface area contributed by atoms with Gasteiger partial charge in [-0.3, -0.25) is 14.8 Å². The summed E-state index contributed by atoms with van der Waals surface area (Å²) in [4.78, 5) is 8.99. The summed E-state index contributed by atoms with van der Waals surface area (Å²) in [6.45, 7) is 7.49. The van der Waals surface area contributed by atoms with Crippen LogP contribution in [0.3, 0.4) is 0 Å². The second kappa shape index (κ2) is 4.37. The van der Waals surface area contributed by atoms with Crippen LogP contribution in [0, 0.1) is 6.92 Å². The monoisotopic (exact) mass is 233 g/mol. The van der Waals surface area contributed by atoms with Gasteiger partial charge in [0.15, 0.2) is 0 Å². The molecule has 0 amide bonds. The number of fused-ring (bicyclic) bond motifs is 3. The zero-order valence-electron chi connectivity index (χ0n) is 10.2. The van der Waals surface area contributed by atoms with Gasteiger partial charge in [-0.1, -0.05) is 0 Å². The lowest BCUT2D eigenvalue weighted by atomic mass is 9.95. The third kappa shape index (κ3) is 1.97. The number of aliphatic hydroxyl groups excluding tert-OH is 1. The number of pyridine rings is 1. The number of piperazine rings is 3. The number of rotatable bonds is 2. The summed E-state index contributed by atoms with van der Waals surface area (Å²) < 4.78 is 0. The maximum atomic E-state index is 10.5. The van der Waals surface area contributed by atoms with Gasteiger partial charge in [-0.05, 0) is 18.6 Å². The summed E-state index contributed by atoms with van der Waals surface area (Å²) in [6, 6.07) is 2.20. The van der Waals surface area contributed by atoms with E-state index in [2.05, 4.69) is 14.8 Å². The van der Waals surface area contributed by atoms with E-state index < -0.39 is 6.10 Å². The molecule has 0 aromatic carbocycles. The lowest BCUT2D eigenvalue weighted by Crippen LogP contribution is -2.62. The number of aliphatic hydroxyl groups is 1. The predicted molar refractivity (Wildman–Crippen MR) is 65.7 cm³/mol. The first-order chi connectivity index (χ1) is 8.25. The molecule has 2 unspecified atom stereocenters. The van der Waals surface area contributed by atoms with E-state index in [0.717, 1.165) is 43.9 Å². The van der Waals surface area contributed by atoms with Crippen molar-refractivity contribution in [3.63, 3.8) is 0 Å². The Balaban J connectivity index is 1.83. The minimum Gasteiger partial charge on any atom is -0.387 e. The van der Waals surface area contributed by atoms with E-state index in [4.69, 9.17) is 0 Å². The van der Waals surface area contributed by atoms with Gasteiger partial charge < -0.3 is 5.11 Å². The molecule has 92 valence electrons. The van der Waals surface area contributed by atoms with Gasteiger partial charge in [-0.15, -0.1) is 0 Å². The van der Waals surface area contributed by atoms with Crippen LogP contribution in [0.1, 0.15) is 17.2 Å². The lowest BCUT2D eigenvalue weighted by molar-refractivity contribution is -0.0473. The van der Waals surface area contributed by atoms with Crippen LogP contribution in [0.15, 0.2) is 18.5 Å². The Morgan fingerprint density at radius 1 is 1.35 bits per heavy atom. The first-order valence-electron chi connectivity index (χ1n) is 6.30. The van der Waals surface area contributed by atoms with E-state index in [1.54, 1.807) is 12.4 Å². The molecule has 1 aromatic heterocycles. The quantitative estimate of drug-likeness (QED) is 0.804. The van der Waals surface area contributed by atoms with Gasteiger partial charge >= 0.3 is 0 Å². The Labute approximate surface area is 102 Å². The zero-order valence-corrected chi connectivity index (χ0v) is 10.2. The van der Waals surface area contributed by atoms with Crippen molar-refractivity contribution in [1.82, 2.24) is 14.8 Å². The molecule has 4 heteroatoms. The second-order valence-electron chi connectivity index (χ2n) is 5.08. The average molecular weight is 233 g/mol. The molecule has 0 aliphatic carbocycles. The fraction of sp³-hybridized carbons (Fsp3) is 0.615. The topological polar surface area (TPSA) is 39.6 Å². The number of hydrogen-bond donors (Lipinski definition) is 1. The van der Waals surface area contributed by atoms with Crippen LogP contribution in [0.4, 0.5) is 0 Å². The maximum absolute atomic E-state index is 10.5. The highest BCUT2D eigenvalue weighted by Crippen LogP contribution is 2.28. The molecule has 4 heterocycles. The summed E-state index contributed by atoms with van der Waals surface area (Å²) >= 11 is 0.